The van der Waals surface area contributed by atoms with Gasteiger partial charge in [0.25, 0.3) is 0 Å². The average molecular weight is 283 g/mol. The zero-order chi connectivity index (χ0) is 13.0. The summed E-state index contributed by atoms with van der Waals surface area (Å²) < 4.78 is 5.69. The number of thioether (sulfide) groups is 2. The first-order valence-corrected chi connectivity index (χ1v) is 8.54. The highest BCUT2D eigenvalue weighted by Crippen LogP contribution is 2.39. The zero-order valence-corrected chi connectivity index (χ0v) is 12.6. The van der Waals surface area contributed by atoms with Crippen LogP contribution in [0.15, 0.2) is 24.3 Å². The van der Waals surface area contributed by atoms with Gasteiger partial charge in [-0.15, -0.1) is 0 Å². The number of hydrogen-bond donors (Lipinski definition) is 1. The van der Waals surface area contributed by atoms with E-state index in [4.69, 9.17) is 10.5 Å². The SMILES string of the molecule is CCOc1ccccc1C(N)C1SCCSC1C. The molecule has 3 unspecified atom stereocenters. The molecule has 0 amide bonds. The third-order valence-electron chi connectivity index (χ3n) is 3.17. The van der Waals surface area contributed by atoms with Crippen LogP contribution in [0.5, 0.6) is 5.75 Å². The lowest BCUT2D eigenvalue weighted by atomic mass is 10.0. The Labute approximate surface area is 118 Å². The van der Waals surface area contributed by atoms with Crippen molar-refractivity contribution in [3.63, 3.8) is 0 Å². The molecular weight excluding hydrogens is 262 g/mol. The second-order valence-electron chi connectivity index (χ2n) is 4.41. The summed E-state index contributed by atoms with van der Waals surface area (Å²) in [5.41, 5.74) is 7.62. The molecule has 0 radical (unpaired) electrons. The maximum atomic E-state index is 6.48. The summed E-state index contributed by atoms with van der Waals surface area (Å²) in [6.45, 7) is 4.98. The van der Waals surface area contributed by atoms with Gasteiger partial charge in [0.15, 0.2) is 0 Å². The molecule has 1 saturated heterocycles. The number of para-hydroxylation sites is 1. The minimum Gasteiger partial charge on any atom is -0.494 e. The molecule has 1 fully saturated rings. The largest absolute Gasteiger partial charge is 0.494 e. The monoisotopic (exact) mass is 283 g/mol. The summed E-state index contributed by atoms with van der Waals surface area (Å²) in [6.07, 6.45) is 0. The summed E-state index contributed by atoms with van der Waals surface area (Å²) in [4.78, 5) is 0. The van der Waals surface area contributed by atoms with Gasteiger partial charge in [-0.1, -0.05) is 25.1 Å². The molecule has 2 rings (SSSR count). The van der Waals surface area contributed by atoms with Crippen molar-refractivity contribution in [3.05, 3.63) is 29.8 Å². The number of ether oxygens (including phenoxy) is 1. The van der Waals surface area contributed by atoms with Crippen LogP contribution >= 0.6 is 23.5 Å². The molecule has 1 aromatic rings. The van der Waals surface area contributed by atoms with Crippen molar-refractivity contribution in [1.29, 1.82) is 0 Å². The second-order valence-corrected chi connectivity index (χ2v) is 7.18. The number of hydrogen-bond acceptors (Lipinski definition) is 4. The van der Waals surface area contributed by atoms with Gasteiger partial charge in [0.2, 0.25) is 0 Å². The van der Waals surface area contributed by atoms with Gasteiger partial charge in [-0.25, -0.2) is 0 Å². The predicted molar refractivity (Wildman–Crippen MR) is 82.7 cm³/mol. The zero-order valence-electron chi connectivity index (χ0n) is 11.0. The summed E-state index contributed by atoms with van der Waals surface area (Å²) in [5.74, 6) is 3.38. The average Bonchev–Trinajstić information content (AvgIpc) is 2.40. The van der Waals surface area contributed by atoms with E-state index in [2.05, 4.69) is 13.0 Å². The molecule has 2 nitrogen and oxygen atoms in total. The lowest BCUT2D eigenvalue weighted by Crippen LogP contribution is -2.34. The first-order valence-electron chi connectivity index (χ1n) is 6.44. The quantitative estimate of drug-likeness (QED) is 0.919. The lowest BCUT2D eigenvalue weighted by Gasteiger charge is -2.33. The number of benzene rings is 1. The van der Waals surface area contributed by atoms with Gasteiger partial charge in [-0.2, -0.15) is 23.5 Å². The Bertz CT molecular complexity index is 386. The van der Waals surface area contributed by atoms with Crippen molar-refractivity contribution in [2.45, 2.75) is 30.4 Å². The van der Waals surface area contributed by atoms with Gasteiger partial charge < -0.3 is 10.5 Å². The van der Waals surface area contributed by atoms with Crippen LogP contribution < -0.4 is 10.5 Å². The fraction of sp³-hybridized carbons (Fsp3) is 0.571. The van der Waals surface area contributed by atoms with Crippen LogP contribution in [0.25, 0.3) is 0 Å². The molecule has 0 saturated carbocycles. The molecular formula is C14H21NOS2. The van der Waals surface area contributed by atoms with Crippen molar-refractivity contribution in [2.24, 2.45) is 5.73 Å². The molecule has 1 aliphatic heterocycles. The highest BCUT2D eigenvalue weighted by Gasteiger charge is 2.30. The Hall–Kier alpha value is -0.320. The minimum absolute atomic E-state index is 0.0561. The molecule has 4 heteroatoms. The van der Waals surface area contributed by atoms with Crippen LogP contribution in [0.3, 0.4) is 0 Å². The Balaban J connectivity index is 2.19. The van der Waals surface area contributed by atoms with E-state index in [1.807, 2.05) is 48.6 Å². The summed E-state index contributed by atoms with van der Waals surface area (Å²) in [5, 5.41) is 1.08. The second kappa shape index (κ2) is 6.73. The van der Waals surface area contributed by atoms with Crippen LogP contribution in [-0.4, -0.2) is 28.6 Å². The Kier molecular flexibility index (Phi) is 5.27. The molecule has 0 aromatic heterocycles. The van der Waals surface area contributed by atoms with E-state index in [0.717, 1.165) is 11.3 Å². The van der Waals surface area contributed by atoms with Crippen molar-refractivity contribution in [2.75, 3.05) is 18.1 Å². The normalized spacial score (nSPS) is 25.7. The number of rotatable bonds is 4. The third kappa shape index (κ3) is 3.16. The Morgan fingerprint density at radius 1 is 1.33 bits per heavy atom. The molecule has 3 atom stereocenters. The smallest absolute Gasteiger partial charge is 0.124 e. The van der Waals surface area contributed by atoms with Gasteiger partial charge in [-0.3, -0.25) is 0 Å². The molecule has 0 spiro atoms. The van der Waals surface area contributed by atoms with E-state index in [1.54, 1.807) is 0 Å². The third-order valence-corrected chi connectivity index (χ3v) is 6.38. The van der Waals surface area contributed by atoms with Crippen LogP contribution in [0.2, 0.25) is 0 Å². The minimum atomic E-state index is 0.0561. The Morgan fingerprint density at radius 3 is 2.78 bits per heavy atom. The van der Waals surface area contributed by atoms with E-state index in [1.165, 1.54) is 11.5 Å². The maximum Gasteiger partial charge on any atom is 0.124 e. The lowest BCUT2D eigenvalue weighted by molar-refractivity contribution is 0.334. The molecule has 1 heterocycles. The van der Waals surface area contributed by atoms with E-state index >= 15 is 0 Å². The van der Waals surface area contributed by atoms with Gasteiger partial charge >= 0.3 is 0 Å². The van der Waals surface area contributed by atoms with Gasteiger partial charge in [0, 0.05) is 33.6 Å². The van der Waals surface area contributed by atoms with Crippen LogP contribution in [0.4, 0.5) is 0 Å². The molecule has 2 N–H and O–H groups in total. The number of nitrogens with two attached hydrogens (primary N) is 1. The highest BCUT2D eigenvalue weighted by atomic mass is 32.2. The van der Waals surface area contributed by atoms with E-state index in [9.17, 15) is 0 Å². The molecule has 100 valence electrons. The first kappa shape index (κ1) is 14.1. The Morgan fingerprint density at radius 2 is 2.06 bits per heavy atom. The van der Waals surface area contributed by atoms with Crippen molar-refractivity contribution < 1.29 is 4.74 Å². The topological polar surface area (TPSA) is 35.2 Å². The van der Waals surface area contributed by atoms with Crippen LogP contribution in [0.1, 0.15) is 25.5 Å². The molecule has 18 heavy (non-hydrogen) atoms. The van der Waals surface area contributed by atoms with Crippen molar-refractivity contribution in [1.82, 2.24) is 0 Å². The molecule has 0 aliphatic carbocycles. The standard InChI is InChI=1S/C14H21NOS2/c1-3-16-12-7-5-4-6-11(12)13(15)14-10(2)17-8-9-18-14/h4-7,10,13-14H,3,8-9,15H2,1-2H3. The van der Waals surface area contributed by atoms with Crippen molar-refractivity contribution >= 4 is 23.5 Å². The highest BCUT2D eigenvalue weighted by molar-refractivity contribution is 8.07. The molecule has 1 aromatic carbocycles. The molecule has 1 aliphatic rings. The van der Waals surface area contributed by atoms with Crippen LogP contribution in [0, 0.1) is 0 Å². The van der Waals surface area contributed by atoms with Gasteiger partial charge in [-0.05, 0) is 13.0 Å². The summed E-state index contributed by atoms with van der Waals surface area (Å²) >= 11 is 4.03. The fourth-order valence-electron chi connectivity index (χ4n) is 2.26. The fourth-order valence-corrected chi connectivity index (χ4v) is 5.13. The molecule has 0 bridgehead atoms. The van der Waals surface area contributed by atoms with Gasteiger partial charge in [0.05, 0.1) is 6.61 Å². The summed E-state index contributed by atoms with van der Waals surface area (Å²) in [7, 11) is 0. The van der Waals surface area contributed by atoms with Crippen molar-refractivity contribution in [3.8, 4) is 5.75 Å². The van der Waals surface area contributed by atoms with Crippen LogP contribution in [-0.2, 0) is 0 Å². The summed E-state index contributed by atoms with van der Waals surface area (Å²) in [6, 6.07) is 8.23. The van der Waals surface area contributed by atoms with E-state index < -0.39 is 0 Å². The predicted octanol–water partition coefficient (Wildman–Crippen LogP) is 3.32. The first-order chi connectivity index (χ1) is 8.74. The van der Waals surface area contributed by atoms with E-state index in [0.29, 0.717) is 17.1 Å². The van der Waals surface area contributed by atoms with Gasteiger partial charge in [0.1, 0.15) is 5.75 Å². The van der Waals surface area contributed by atoms with E-state index in [-0.39, 0.29) is 6.04 Å². The maximum absolute atomic E-state index is 6.48.